The second-order valence-electron chi connectivity index (χ2n) is 8.26. The largest absolute Gasteiger partial charge is 0.328 e. The van der Waals surface area contributed by atoms with E-state index >= 15 is 0 Å². The first kappa shape index (κ1) is 19.6. The van der Waals surface area contributed by atoms with Crippen LogP contribution in [0.15, 0.2) is 78.9 Å². The zero-order valence-corrected chi connectivity index (χ0v) is 16.9. The number of rotatable bonds is 6. The first-order valence-corrected chi connectivity index (χ1v) is 10.7. The molecule has 3 aromatic rings. The zero-order valence-electron chi connectivity index (χ0n) is 16.9. The summed E-state index contributed by atoms with van der Waals surface area (Å²) < 4.78 is 0. The topological polar surface area (TPSA) is 43.1 Å². The highest BCUT2D eigenvalue weighted by Gasteiger charge is 2.18. The Morgan fingerprint density at radius 1 is 0.793 bits per heavy atom. The van der Waals surface area contributed by atoms with Crippen molar-refractivity contribution in [1.29, 1.82) is 0 Å². The molecule has 148 valence electrons. The van der Waals surface area contributed by atoms with Crippen LogP contribution < -0.4 is 5.73 Å². The minimum absolute atomic E-state index is 0.0702. The summed E-state index contributed by atoms with van der Waals surface area (Å²) >= 11 is 0. The SMILES string of the molecule is NC1CCC(CCc2ccc(-c3ccccc3C(=O)c3ccccc3)cc2)CC1. The van der Waals surface area contributed by atoms with Crippen LogP contribution in [0.5, 0.6) is 0 Å². The van der Waals surface area contributed by atoms with Crippen molar-refractivity contribution >= 4 is 5.78 Å². The fourth-order valence-corrected chi connectivity index (χ4v) is 4.38. The first-order chi connectivity index (χ1) is 14.2. The molecule has 4 rings (SSSR count). The van der Waals surface area contributed by atoms with Crippen LogP contribution in [-0.2, 0) is 6.42 Å². The Kier molecular flexibility index (Phi) is 6.21. The number of carbonyl (C=O) groups is 1. The summed E-state index contributed by atoms with van der Waals surface area (Å²) in [5, 5.41) is 0. The fraction of sp³-hybridized carbons (Fsp3) is 0.296. The van der Waals surface area contributed by atoms with E-state index in [0.29, 0.717) is 6.04 Å². The van der Waals surface area contributed by atoms with Crippen molar-refractivity contribution in [2.75, 3.05) is 0 Å². The van der Waals surface area contributed by atoms with E-state index in [1.165, 1.54) is 37.7 Å². The Labute approximate surface area is 173 Å². The molecule has 0 bridgehead atoms. The van der Waals surface area contributed by atoms with E-state index in [2.05, 4.69) is 24.3 Å². The molecule has 1 aliphatic carbocycles. The van der Waals surface area contributed by atoms with Gasteiger partial charge >= 0.3 is 0 Å². The van der Waals surface area contributed by atoms with Crippen LogP contribution in [0.2, 0.25) is 0 Å². The third-order valence-electron chi connectivity index (χ3n) is 6.21. The fourth-order valence-electron chi connectivity index (χ4n) is 4.38. The molecule has 0 unspecified atom stereocenters. The lowest BCUT2D eigenvalue weighted by Gasteiger charge is -2.25. The highest BCUT2D eigenvalue weighted by atomic mass is 16.1. The van der Waals surface area contributed by atoms with Crippen LogP contribution in [0.4, 0.5) is 0 Å². The molecule has 1 fully saturated rings. The van der Waals surface area contributed by atoms with Gasteiger partial charge in [-0.15, -0.1) is 0 Å². The van der Waals surface area contributed by atoms with E-state index in [1.807, 2.05) is 54.6 Å². The maximum Gasteiger partial charge on any atom is 0.193 e. The van der Waals surface area contributed by atoms with Gasteiger partial charge in [0.05, 0.1) is 0 Å². The van der Waals surface area contributed by atoms with E-state index < -0.39 is 0 Å². The molecule has 0 spiro atoms. The summed E-state index contributed by atoms with van der Waals surface area (Å²) in [4.78, 5) is 13.0. The van der Waals surface area contributed by atoms with Gasteiger partial charge in [-0.2, -0.15) is 0 Å². The van der Waals surface area contributed by atoms with Crippen molar-refractivity contribution in [3.63, 3.8) is 0 Å². The van der Waals surface area contributed by atoms with Gasteiger partial charge in [0.15, 0.2) is 5.78 Å². The molecule has 1 saturated carbocycles. The predicted octanol–water partition coefficient (Wildman–Crippen LogP) is 6.03. The number of carbonyl (C=O) groups excluding carboxylic acids is 1. The summed E-state index contributed by atoms with van der Waals surface area (Å²) in [6.07, 6.45) is 7.26. The second-order valence-corrected chi connectivity index (χ2v) is 8.26. The maximum absolute atomic E-state index is 13.0. The summed E-state index contributed by atoms with van der Waals surface area (Å²) in [5.74, 6) is 0.888. The predicted molar refractivity (Wildman–Crippen MR) is 120 cm³/mol. The van der Waals surface area contributed by atoms with Crippen LogP contribution in [-0.4, -0.2) is 11.8 Å². The molecule has 2 nitrogen and oxygen atoms in total. The number of benzene rings is 3. The molecule has 0 aliphatic heterocycles. The van der Waals surface area contributed by atoms with E-state index in [9.17, 15) is 4.79 Å². The molecule has 0 heterocycles. The molecule has 0 saturated heterocycles. The van der Waals surface area contributed by atoms with Gasteiger partial charge in [0.2, 0.25) is 0 Å². The van der Waals surface area contributed by atoms with Gasteiger partial charge in [-0.25, -0.2) is 0 Å². The molecule has 29 heavy (non-hydrogen) atoms. The lowest BCUT2D eigenvalue weighted by atomic mass is 9.83. The number of hydrogen-bond acceptors (Lipinski definition) is 2. The van der Waals surface area contributed by atoms with Gasteiger partial charge in [-0.05, 0) is 61.1 Å². The molecule has 0 aromatic heterocycles. The van der Waals surface area contributed by atoms with Gasteiger partial charge in [0.1, 0.15) is 0 Å². The van der Waals surface area contributed by atoms with Crippen molar-refractivity contribution in [2.24, 2.45) is 11.7 Å². The minimum Gasteiger partial charge on any atom is -0.328 e. The van der Waals surface area contributed by atoms with Crippen LogP contribution in [0.3, 0.4) is 0 Å². The Bertz CT molecular complexity index is 938. The molecule has 2 heteroatoms. The van der Waals surface area contributed by atoms with Crippen molar-refractivity contribution in [3.8, 4) is 11.1 Å². The van der Waals surface area contributed by atoms with Crippen LogP contribution >= 0.6 is 0 Å². The zero-order chi connectivity index (χ0) is 20.1. The normalized spacial score (nSPS) is 19.1. The Morgan fingerprint density at radius 3 is 2.17 bits per heavy atom. The minimum atomic E-state index is 0.0702. The Balaban J connectivity index is 1.47. The average molecular weight is 384 g/mol. The van der Waals surface area contributed by atoms with Gasteiger partial charge in [-0.3, -0.25) is 4.79 Å². The molecular formula is C27H29NO. The highest BCUT2D eigenvalue weighted by molar-refractivity contribution is 6.12. The summed E-state index contributed by atoms with van der Waals surface area (Å²) in [7, 11) is 0. The third-order valence-corrected chi connectivity index (χ3v) is 6.21. The lowest BCUT2D eigenvalue weighted by Crippen LogP contribution is -2.26. The molecule has 0 atom stereocenters. The molecule has 3 aromatic carbocycles. The van der Waals surface area contributed by atoms with Crippen molar-refractivity contribution in [1.82, 2.24) is 0 Å². The summed E-state index contributed by atoms with van der Waals surface area (Å²) in [5.41, 5.74) is 11.0. The second kappa shape index (κ2) is 9.19. The molecule has 2 N–H and O–H groups in total. The Morgan fingerprint density at radius 2 is 1.45 bits per heavy atom. The Hall–Kier alpha value is -2.71. The number of aryl methyl sites for hydroxylation is 1. The van der Waals surface area contributed by atoms with Crippen molar-refractivity contribution in [2.45, 2.75) is 44.6 Å². The van der Waals surface area contributed by atoms with Gasteiger partial charge in [0.25, 0.3) is 0 Å². The summed E-state index contributed by atoms with van der Waals surface area (Å²) in [6, 6.07) is 26.6. The van der Waals surface area contributed by atoms with Crippen LogP contribution in [0, 0.1) is 5.92 Å². The summed E-state index contributed by atoms with van der Waals surface area (Å²) in [6.45, 7) is 0. The number of hydrogen-bond donors (Lipinski definition) is 1. The monoisotopic (exact) mass is 383 g/mol. The molecule has 1 aliphatic rings. The van der Waals surface area contributed by atoms with E-state index in [4.69, 9.17) is 5.73 Å². The van der Waals surface area contributed by atoms with Crippen LogP contribution in [0.1, 0.15) is 53.6 Å². The molecule has 0 radical (unpaired) electrons. The maximum atomic E-state index is 13.0. The highest BCUT2D eigenvalue weighted by Crippen LogP contribution is 2.29. The van der Waals surface area contributed by atoms with E-state index in [-0.39, 0.29) is 5.78 Å². The van der Waals surface area contributed by atoms with Gasteiger partial charge in [0, 0.05) is 17.2 Å². The van der Waals surface area contributed by atoms with Gasteiger partial charge in [-0.1, -0.05) is 78.9 Å². The van der Waals surface area contributed by atoms with Crippen molar-refractivity contribution in [3.05, 3.63) is 95.6 Å². The smallest absolute Gasteiger partial charge is 0.193 e. The van der Waals surface area contributed by atoms with Crippen molar-refractivity contribution < 1.29 is 4.79 Å². The van der Waals surface area contributed by atoms with E-state index in [1.54, 1.807) is 0 Å². The molecule has 0 amide bonds. The lowest BCUT2D eigenvalue weighted by molar-refractivity contribution is 0.103. The molecular weight excluding hydrogens is 354 g/mol. The van der Waals surface area contributed by atoms with Gasteiger partial charge < -0.3 is 5.73 Å². The number of ketones is 1. The quantitative estimate of drug-likeness (QED) is 0.528. The van der Waals surface area contributed by atoms with E-state index in [0.717, 1.165) is 34.6 Å². The number of nitrogens with two attached hydrogens (primary N) is 1. The average Bonchev–Trinajstić information content (AvgIpc) is 2.79. The van der Waals surface area contributed by atoms with Crippen LogP contribution in [0.25, 0.3) is 11.1 Å². The first-order valence-electron chi connectivity index (χ1n) is 10.7. The third kappa shape index (κ3) is 4.83. The standard InChI is InChI=1S/C27H29NO/c28-24-18-14-21(15-19-24)11-10-20-12-16-22(17-13-20)25-8-4-5-9-26(25)27(29)23-6-2-1-3-7-23/h1-9,12-13,16-17,21,24H,10-11,14-15,18-19,28H2.